The van der Waals surface area contributed by atoms with Gasteiger partial charge in [0.2, 0.25) is 0 Å². The Morgan fingerprint density at radius 2 is 1.48 bits per heavy atom. The molecule has 3 aromatic rings. The van der Waals surface area contributed by atoms with Crippen molar-refractivity contribution in [3.8, 4) is 34.0 Å². The average molecular weight is 351 g/mol. The maximum absolute atomic E-state index is 5.28. The van der Waals surface area contributed by atoms with E-state index in [9.17, 15) is 0 Å². The lowest BCUT2D eigenvalue weighted by atomic mass is 10.1. The quantitative estimate of drug-likeness (QED) is 0.529. The smallest absolute Gasteiger partial charge is 0.360 e. The van der Waals surface area contributed by atoms with Crippen molar-refractivity contribution in [2.75, 3.05) is 20.0 Å². The normalized spacial score (nSPS) is 12.7. The Hall–Kier alpha value is -2.53. The minimum atomic E-state index is 0.851. The number of nitrogens with zero attached hydrogens (tertiary/aromatic N) is 2. The topological polar surface area (TPSA) is 35.2 Å². The van der Waals surface area contributed by atoms with Crippen molar-refractivity contribution in [3.05, 3.63) is 54.6 Å². The van der Waals surface area contributed by atoms with E-state index in [0.29, 0.717) is 0 Å². The van der Waals surface area contributed by atoms with Gasteiger partial charge in [-0.3, -0.25) is 0 Å². The molecule has 2 aromatic carbocycles. The molecule has 1 aromatic heterocycles. The third kappa shape index (κ3) is 3.07. The number of benzene rings is 2. The van der Waals surface area contributed by atoms with Gasteiger partial charge < -0.3 is 9.47 Å². The second kappa shape index (κ2) is 6.76. The van der Waals surface area contributed by atoms with E-state index < -0.39 is 0 Å². The van der Waals surface area contributed by atoms with Crippen LogP contribution in [0.1, 0.15) is 0 Å². The highest BCUT2D eigenvalue weighted by Gasteiger charge is 2.27. The predicted molar refractivity (Wildman–Crippen MR) is 99.1 cm³/mol. The van der Waals surface area contributed by atoms with Gasteiger partial charge in [-0.05, 0) is 65.3 Å². The molecule has 0 saturated heterocycles. The van der Waals surface area contributed by atoms with Gasteiger partial charge in [0.15, 0.2) is 5.69 Å². The summed E-state index contributed by atoms with van der Waals surface area (Å²) in [5.41, 5.74) is 4.42. The molecule has 1 aliphatic rings. The third-order valence-corrected chi connectivity index (χ3v) is 5.29. The molecular formula is C20H19N2O2S+. The molecule has 1 aliphatic heterocycles. The van der Waals surface area contributed by atoms with Crippen LogP contribution in [0.2, 0.25) is 0 Å². The molecule has 0 unspecified atom stereocenters. The zero-order chi connectivity index (χ0) is 17.2. The molecule has 0 fully saturated rings. The maximum atomic E-state index is 5.28. The van der Waals surface area contributed by atoms with E-state index in [2.05, 4.69) is 34.9 Å². The summed E-state index contributed by atoms with van der Waals surface area (Å²) in [6, 6.07) is 18.4. The van der Waals surface area contributed by atoms with Gasteiger partial charge in [0.25, 0.3) is 0 Å². The molecule has 0 N–H and O–H groups in total. The van der Waals surface area contributed by atoms with Crippen LogP contribution in [0.25, 0.3) is 22.5 Å². The number of hydrogen-bond donors (Lipinski definition) is 0. The summed E-state index contributed by atoms with van der Waals surface area (Å²) >= 11 is 1.80. The number of ether oxygens (including phenoxy) is 2. The van der Waals surface area contributed by atoms with Crippen LogP contribution in [0.4, 0.5) is 0 Å². The molecule has 126 valence electrons. The molecule has 0 saturated carbocycles. The van der Waals surface area contributed by atoms with Crippen LogP contribution in [0.15, 0.2) is 59.8 Å². The Morgan fingerprint density at radius 3 is 2.08 bits per heavy atom. The SMILES string of the molecule is COc1ccc(-c2cc(-c3ccc(OC)cc3)[n+]3c(n2)SCC3)cc1. The standard InChI is InChI=1S/C20H19N2O2S/c1-23-16-7-3-14(4-8-16)18-13-19(22-11-12-25-20(22)21-18)15-5-9-17(24-2)10-6-15/h3-10,13H,11-12H2,1-2H3/q+1. The molecule has 0 spiro atoms. The van der Waals surface area contributed by atoms with Crippen molar-refractivity contribution >= 4 is 11.8 Å². The van der Waals surface area contributed by atoms with E-state index in [1.807, 2.05) is 24.3 Å². The highest BCUT2D eigenvalue weighted by molar-refractivity contribution is 7.99. The third-order valence-electron chi connectivity index (χ3n) is 4.33. The first kappa shape index (κ1) is 16.0. The highest BCUT2D eigenvalue weighted by atomic mass is 32.2. The van der Waals surface area contributed by atoms with E-state index in [1.165, 1.54) is 11.3 Å². The monoisotopic (exact) mass is 351 g/mol. The van der Waals surface area contributed by atoms with Crippen LogP contribution in [-0.2, 0) is 6.54 Å². The number of aromatic nitrogens is 2. The number of rotatable bonds is 4. The molecule has 5 heteroatoms. The van der Waals surface area contributed by atoms with Crippen LogP contribution in [0.3, 0.4) is 0 Å². The highest BCUT2D eigenvalue weighted by Crippen LogP contribution is 2.30. The predicted octanol–water partition coefficient (Wildman–Crippen LogP) is 3.83. The fourth-order valence-corrected chi connectivity index (χ4v) is 3.94. The first-order chi connectivity index (χ1) is 12.3. The lowest BCUT2D eigenvalue weighted by Gasteiger charge is -2.07. The van der Waals surface area contributed by atoms with Crippen LogP contribution in [-0.4, -0.2) is 25.0 Å². The summed E-state index contributed by atoms with van der Waals surface area (Å²) in [6.45, 7) is 0.983. The van der Waals surface area contributed by atoms with E-state index in [-0.39, 0.29) is 0 Å². The zero-order valence-electron chi connectivity index (χ0n) is 14.2. The molecule has 4 nitrogen and oxygen atoms in total. The zero-order valence-corrected chi connectivity index (χ0v) is 15.0. The van der Waals surface area contributed by atoms with Crippen LogP contribution < -0.4 is 14.0 Å². The summed E-state index contributed by atoms with van der Waals surface area (Å²) in [4.78, 5) is 4.86. The summed E-state index contributed by atoms with van der Waals surface area (Å²) < 4.78 is 12.8. The van der Waals surface area contributed by atoms with E-state index in [4.69, 9.17) is 14.5 Å². The van der Waals surface area contributed by atoms with Crippen molar-refractivity contribution in [2.24, 2.45) is 0 Å². The van der Waals surface area contributed by atoms with Crippen molar-refractivity contribution in [1.82, 2.24) is 4.98 Å². The molecule has 0 amide bonds. The Morgan fingerprint density at radius 1 is 0.880 bits per heavy atom. The first-order valence-electron chi connectivity index (χ1n) is 8.15. The van der Waals surface area contributed by atoms with E-state index in [1.54, 1.807) is 26.0 Å². The van der Waals surface area contributed by atoms with Crippen molar-refractivity contribution in [3.63, 3.8) is 0 Å². The van der Waals surface area contributed by atoms with Crippen molar-refractivity contribution in [2.45, 2.75) is 11.7 Å². The largest absolute Gasteiger partial charge is 0.497 e. The van der Waals surface area contributed by atoms with Gasteiger partial charge in [-0.25, -0.2) is 4.57 Å². The Kier molecular flexibility index (Phi) is 4.32. The summed E-state index contributed by atoms with van der Waals surface area (Å²) in [7, 11) is 3.37. The number of methoxy groups -OCH3 is 2. The van der Waals surface area contributed by atoms with E-state index >= 15 is 0 Å². The van der Waals surface area contributed by atoms with Gasteiger partial charge in [-0.2, -0.15) is 0 Å². The molecular weight excluding hydrogens is 332 g/mol. The molecule has 0 atom stereocenters. The fourth-order valence-electron chi connectivity index (χ4n) is 2.97. The van der Waals surface area contributed by atoms with Crippen molar-refractivity contribution < 1.29 is 14.0 Å². The minimum Gasteiger partial charge on any atom is -0.497 e. The average Bonchev–Trinajstić information content (AvgIpc) is 3.16. The Labute approximate surface area is 151 Å². The molecule has 0 radical (unpaired) electrons. The van der Waals surface area contributed by atoms with E-state index in [0.717, 1.165) is 40.2 Å². The molecule has 25 heavy (non-hydrogen) atoms. The number of thioether (sulfide) groups is 1. The number of hydrogen-bond acceptors (Lipinski definition) is 4. The van der Waals surface area contributed by atoms with Crippen molar-refractivity contribution in [1.29, 1.82) is 0 Å². The van der Waals surface area contributed by atoms with Gasteiger partial charge in [-0.1, -0.05) is 0 Å². The van der Waals surface area contributed by atoms with Crippen LogP contribution in [0.5, 0.6) is 11.5 Å². The number of fused-ring (bicyclic) bond motifs is 1. The van der Waals surface area contributed by atoms with Crippen LogP contribution >= 0.6 is 11.8 Å². The van der Waals surface area contributed by atoms with Gasteiger partial charge in [0, 0.05) is 22.9 Å². The molecule has 0 bridgehead atoms. The summed E-state index contributed by atoms with van der Waals surface area (Å²) in [6.07, 6.45) is 0. The maximum Gasteiger partial charge on any atom is 0.360 e. The lowest BCUT2D eigenvalue weighted by Crippen LogP contribution is -2.36. The minimum absolute atomic E-state index is 0.851. The first-order valence-corrected chi connectivity index (χ1v) is 9.13. The Balaban J connectivity index is 1.81. The summed E-state index contributed by atoms with van der Waals surface area (Å²) in [5.74, 6) is 2.77. The molecule has 0 aliphatic carbocycles. The van der Waals surface area contributed by atoms with Gasteiger partial charge in [-0.15, -0.1) is 0 Å². The fraction of sp³-hybridized carbons (Fsp3) is 0.200. The molecule has 4 rings (SSSR count). The van der Waals surface area contributed by atoms with Gasteiger partial charge >= 0.3 is 5.16 Å². The lowest BCUT2D eigenvalue weighted by molar-refractivity contribution is -0.716. The Bertz CT molecular complexity index is 893. The molecule has 2 heterocycles. The second-order valence-corrected chi connectivity index (χ2v) is 6.83. The van der Waals surface area contributed by atoms with Crippen LogP contribution in [0, 0.1) is 0 Å². The summed E-state index contributed by atoms with van der Waals surface area (Å²) in [5, 5.41) is 1.07. The van der Waals surface area contributed by atoms with Gasteiger partial charge in [0.1, 0.15) is 23.7 Å². The second-order valence-electron chi connectivity index (χ2n) is 5.77. The van der Waals surface area contributed by atoms with Gasteiger partial charge in [0.05, 0.1) is 14.2 Å².